The number of hydroxylamine groups is 2. The first-order valence-corrected chi connectivity index (χ1v) is 5.51. The van der Waals surface area contributed by atoms with Gasteiger partial charge in [0.05, 0.1) is 6.10 Å². The standard InChI is InChI=1S/C11H23NO/c1-9(2)11-5-7-12(8-6-11)13-10(3)4/h9-11H,5-8H2,1-4H3. The van der Waals surface area contributed by atoms with E-state index in [4.69, 9.17) is 4.84 Å². The predicted octanol–water partition coefficient (Wildman–Crippen LogP) is 2.69. The zero-order chi connectivity index (χ0) is 9.84. The molecule has 1 aliphatic heterocycles. The van der Waals surface area contributed by atoms with Crippen LogP contribution in [0.3, 0.4) is 0 Å². The fourth-order valence-corrected chi connectivity index (χ4v) is 1.95. The minimum atomic E-state index is 0.329. The fourth-order valence-electron chi connectivity index (χ4n) is 1.95. The molecule has 0 atom stereocenters. The predicted molar refractivity (Wildman–Crippen MR) is 55.4 cm³/mol. The number of hydrogen-bond donors (Lipinski definition) is 0. The smallest absolute Gasteiger partial charge is 0.0737 e. The van der Waals surface area contributed by atoms with Crippen LogP contribution in [0.5, 0.6) is 0 Å². The molecule has 13 heavy (non-hydrogen) atoms. The van der Waals surface area contributed by atoms with Gasteiger partial charge in [-0.3, -0.25) is 4.84 Å². The Morgan fingerprint density at radius 1 is 1.08 bits per heavy atom. The van der Waals surface area contributed by atoms with Gasteiger partial charge >= 0.3 is 0 Å². The highest BCUT2D eigenvalue weighted by atomic mass is 16.7. The maximum absolute atomic E-state index is 5.65. The lowest BCUT2D eigenvalue weighted by Gasteiger charge is -2.33. The monoisotopic (exact) mass is 185 g/mol. The van der Waals surface area contributed by atoms with Crippen LogP contribution in [0.25, 0.3) is 0 Å². The maximum Gasteiger partial charge on any atom is 0.0737 e. The molecule has 0 N–H and O–H groups in total. The fraction of sp³-hybridized carbons (Fsp3) is 1.00. The average Bonchev–Trinajstić information content (AvgIpc) is 2.04. The third-order valence-corrected chi connectivity index (χ3v) is 2.80. The molecule has 1 saturated heterocycles. The van der Waals surface area contributed by atoms with Gasteiger partial charge in [0.15, 0.2) is 0 Å². The van der Waals surface area contributed by atoms with Gasteiger partial charge in [-0.25, -0.2) is 0 Å². The summed E-state index contributed by atoms with van der Waals surface area (Å²) in [6.45, 7) is 11.1. The van der Waals surface area contributed by atoms with E-state index in [-0.39, 0.29) is 0 Å². The molecule has 0 spiro atoms. The molecule has 0 radical (unpaired) electrons. The van der Waals surface area contributed by atoms with Crippen molar-refractivity contribution in [1.29, 1.82) is 0 Å². The summed E-state index contributed by atoms with van der Waals surface area (Å²) in [6, 6.07) is 0. The van der Waals surface area contributed by atoms with Crippen LogP contribution in [0, 0.1) is 11.8 Å². The highest BCUT2D eigenvalue weighted by Gasteiger charge is 2.22. The molecule has 0 aromatic rings. The van der Waals surface area contributed by atoms with Gasteiger partial charge in [-0.1, -0.05) is 13.8 Å². The Bertz CT molecular complexity index is 137. The van der Waals surface area contributed by atoms with Crippen molar-refractivity contribution in [3.8, 4) is 0 Å². The third-order valence-electron chi connectivity index (χ3n) is 2.80. The molecule has 0 unspecified atom stereocenters. The van der Waals surface area contributed by atoms with Crippen LogP contribution in [0.2, 0.25) is 0 Å². The van der Waals surface area contributed by atoms with E-state index in [1.807, 2.05) is 0 Å². The van der Waals surface area contributed by atoms with Gasteiger partial charge in [-0.15, -0.1) is 0 Å². The van der Waals surface area contributed by atoms with E-state index in [1.165, 1.54) is 12.8 Å². The summed E-state index contributed by atoms with van der Waals surface area (Å²) in [4.78, 5) is 5.65. The summed E-state index contributed by atoms with van der Waals surface area (Å²) < 4.78 is 0. The zero-order valence-corrected chi connectivity index (χ0v) is 9.42. The van der Waals surface area contributed by atoms with Gasteiger partial charge in [0.25, 0.3) is 0 Å². The molecule has 78 valence electrons. The maximum atomic E-state index is 5.65. The van der Waals surface area contributed by atoms with Gasteiger partial charge in [0.2, 0.25) is 0 Å². The van der Waals surface area contributed by atoms with Crippen LogP contribution in [-0.2, 0) is 4.84 Å². The Labute approximate surface area is 82.2 Å². The van der Waals surface area contributed by atoms with E-state index in [9.17, 15) is 0 Å². The molecular weight excluding hydrogens is 162 g/mol. The summed E-state index contributed by atoms with van der Waals surface area (Å²) in [5.41, 5.74) is 0. The SMILES string of the molecule is CC(C)ON1CCC(C(C)C)CC1. The van der Waals surface area contributed by atoms with Crippen molar-refractivity contribution in [3.05, 3.63) is 0 Å². The molecular formula is C11H23NO. The van der Waals surface area contributed by atoms with Crippen LogP contribution in [-0.4, -0.2) is 24.3 Å². The third kappa shape index (κ3) is 3.65. The highest BCUT2D eigenvalue weighted by molar-refractivity contribution is 4.70. The van der Waals surface area contributed by atoms with Gasteiger partial charge in [-0.05, 0) is 38.5 Å². The molecule has 1 fully saturated rings. The van der Waals surface area contributed by atoms with Gasteiger partial charge in [-0.2, -0.15) is 5.06 Å². The number of nitrogens with zero attached hydrogens (tertiary/aromatic N) is 1. The molecule has 0 aromatic heterocycles. The molecule has 0 bridgehead atoms. The van der Waals surface area contributed by atoms with Gasteiger partial charge < -0.3 is 0 Å². The molecule has 1 heterocycles. The first-order chi connectivity index (χ1) is 6.09. The van der Waals surface area contributed by atoms with Crippen LogP contribution in [0.15, 0.2) is 0 Å². The van der Waals surface area contributed by atoms with Crippen molar-refractivity contribution in [1.82, 2.24) is 5.06 Å². The summed E-state index contributed by atoms with van der Waals surface area (Å²) in [5, 5.41) is 2.13. The van der Waals surface area contributed by atoms with Crippen LogP contribution < -0.4 is 0 Å². The van der Waals surface area contributed by atoms with E-state index < -0.39 is 0 Å². The normalized spacial score (nSPS) is 21.7. The molecule has 0 aromatic carbocycles. The number of piperidine rings is 1. The molecule has 1 aliphatic rings. The van der Waals surface area contributed by atoms with E-state index in [2.05, 4.69) is 32.8 Å². The van der Waals surface area contributed by atoms with Gasteiger partial charge in [0.1, 0.15) is 0 Å². The second-order valence-electron chi connectivity index (χ2n) is 4.66. The van der Waals surface area contributed by atoms with Crippen molar-refractivity contribution in [2.24, 2.45) is 11.8 Å². The lowest BCUT2D eigenvalue weighted by Crippen LogP contribution is -2.36. The topological polar surface area (TPSA) is 12.5 Å². The molecule has 0 saturated carbocycles. The van der Waals surface area contributed by atoms with E-state index >= 15 is 0 Å². The van der Waals surface area contributed by atoms with Crippen molar-refractivity contribution in [3.63, 3.8) is 0 Å². The molecule has 2 heteroatoms. The Kier molecular flexibility index (Phi) is 4.20. The first kappa shape index (κ1) is 11.0. The van der Waals surface area contributed by atoms with Crippen molar-refractivity contribution >= 4 is 0 Å². The van der Waals surface area contributed by atoms with Crippen molar-refractivity contribution in [2.45, 2.75) is 46.6 Å². The Balaban J connectivity index is 2.22. The van der Waals surface area contributed by atoms with E-state index in [0.717, 1.165) is 24.9 Å². The Morgan fingerprint density at radius 3 is 2.00 bits per heavy atom. The highest BCUT2D eigenvalue weighted by Crippen LogP contribution is 2.24. The average molecular weight is 185 g/mol. The minimum absolute atomic E-state index is 0.329. The lowest BCUT2D eigenvalue weighted by atomic mass is 9.87. The second-order valence-corrected chi connectivity index (χ2v) is 4.66. The largest absolute Gasteiger partial charge is 0.296 e. The summed E-state index contributed by atoms with van der Waals surface area (Å²) in [6.07, 6.45) is 2.92. The van der Waals surface area contributed by atoms with Crippen LogP contribution in [0.1, 0.15) is 40.5 Å². The van der Waals surface area contributed by atoms with Crippen LogP contribution >= 0.6 is 0 Å². The minimum Gasteiger partial charge on any atom is -0.296 e. The summed E-state index contributed by atoms with van der Waals surface area (Å²) in [5.74, 6) is 1.74. The summed E-state index contributed by atoms with van der Waals surface area (Å²) >= 11 is 0. The Hall–Kier alpha value is -0.0800. The number of hydrogen-bond acceptors (Lipinski definition) is 2. The summed E-state index contributed by atoms with van der Waals surface area (Å²) in [7, 11) is 0. The molecule has 0 amide bonds. The Morgan fingerprint density at radius 2 is 1.62 bits per heavy atom. The molecule has 0 aliphatic carbocycles. The van der Waals surface area contributed by atoms with Gasteiger partial charge in [0, 0.05) is 13.1 Å². The second kappa shape index (κ2) is 4.97. The molecule has 2 nitrogen and oxygen atoms in total. The van der Waals surface area contributed by atoms with E-state index in [1.54, 1.807) is 0 Å². The van der Waals surface area contributed by atoms with Crippen molar-refractivity contribution in [2.75, 3.05) is 13.1 Å². The molecule has 1 rings (SSSR count). The quantitative estimate of drug-likeness (QED) is 0.670. The number of rotatable bonds is 3. The first-order valence-electron chi connectivity index (χ1n) is 5.51. The van der Waals surface area contributed by atoms with E-state index in [0.29, 0.717) is 6.10 Å². The zero-order valence-electron chi connectivity index (χ0n) is 9.42. The lowest BCUT2D eigenvalue weighted by molar-refractivity contribution is -0.201. The van der Waals surface area contributed by atoms with Crippen LogP contribution in [0.4, 0.5) is 0 Å². The van der Waals surface area contributed by atoms with Crippen molar-refractivity contribution < 1.29 is 4.84 Å².